The number of pyridine rings is 1. The first-order valence-corrected chi connectivity index (χ1v) is 5.74. The summed E-state index contributed by atoms with van der Waals surface area (Å²) in [7, 11) is 4.22. The molecule has 0 aliphatic carbocycles. The topological polar surface area (TPSA) is 28.2 Å². The van der Waals surface area contributed by atoms with E-state index in [-0.39, 0.29) is 5.54 Å². The molecule has 16 heavy (non-hydrogen) atoms. The molecule has 1 heterocycles. The van der Waals surface area contributed by atoms with Crippen LogP contribution in [-0.4, -0.2) is 36.1 Å². The fourth-order valence-corrected chi connectivity index (χ4v) is 1.33. The first-order valence-electron chi connectivity index (χ1n) is 5.74. The van der Waals surface area contributed by atoms with Gasteiger partial charge in [0.2, 0.25) is 0 Å². The molecule has 1 aromatic heterocycles. The lowest BCUT2D eigenvalue weighted by Crippen LogP contribution is -2.47. The SMILES string of the molecule is CC(NCC(C)(C)N(C)C)c1ccncc1. The molecule has 0 radical (unpaired) electrons. The normalized spacial score (nSPS) is 14.1. The van der Waals surface area contributed by atoms with Crippen LogP contribution >= 0.6 is 0 Å². The first-order chi connectivity index (χ1) is 7.43. The van der Waals surface area contributed by atoms with Crippen molar-refractivity contribution in [3.05, 3.63) is 30.1 Å². The van der Waals surface area contributed by atoms with Gasteiger partial charge in [0.05, 0.1) is 0 Å². The maximum Gasteiger partial charge on any atom is 0.0293 e. The smallest absolute Gasteiger partial charge is 0.0293 e. The number of hydrogen-bond acceptors (Lipinski definition) is 3. The van der Waals surface area contributed by atoms with Gasteiger partial charge in [-0.3, -0.25) is 4.98 Å². The minimum absolute atomic E-state index is 0.168. The molecule has 0 aliphatic heterocycles. The van der Waals surface area contributed by atoms with Crippen LogP contribution in [-0.2, 0) is 0 Å². The van der Waals surface area contributed by atoms with E-state index in [4.69, 9.17) is 0 Å². The maximum atomic E-state index is 4.03. The molecule has 0 aliphatic rings. The Bertz CT molecular complexity index is 306. The predicted octanol–water partition coefficient (Wildman–Crippen LogP) is 2.07. The molecular weight excluding hydrogens is 198 g/mol. The van der Waals surface area contributed by atoms with Crippen molar-refractivity contribution in [2.75, 3.05) is 20.6 Å². The van der Waals surface area contributed by atoms with Gasteiger partial charge in [-0.15, -0.1) is 0 Å². The van der Waals surface area contributed by atoms with Crippen molar-refractivity contribution in [1.29, 1.82) is 0 Å². The lowest BCUT2D eigenvalue weighted by atomic mass is 10.0. The van der Waals surface area contributed by atoms with Gasteiger partial charge in [0.15, 0.2) is 0 Å². The Balaban J connectivity index is 2.51. The molecule has 1 atom stereocenters. The van der Waals surface area contributed by atoms with Crippen molar-refractivity contribution in [3.8, 4) is 0 Å². The maximum absolute atomic E-state index is 4.03. The van der Waals surface area contributed by atoms with Crippen molar-refractivity contribution < 1.29 is 0 Å². The summed E-state index contributed by atoms with van der Waals surface area (Å²) in [5.74, 6) is 0. The molecule has 0 bridgehead atoms. The van der Waals surface area contributed by atoms with Crippen LogP contribution in [0.5, 0.6) is 0 Å². The Labute approximate surface area is 98.9 Å². The van der Waals surface area contributed by atoms with Gasteiger partial charge in [-0.1, -0.05) is 0 Å². The van der Waals surface area contributed by atoms with E-state index in [2.05, 4.69) is 62.2 Å². The van der Waals surface area contributed by atoms with Crippen molar-refractivity contribution in [2.24, 2.45) is 0 Å². The Morgan fingerprint density at radius 3 is 2.38 bits per heavy atom. The van der Waals surface area contributed by atoms with Crippen LogP contribution in [0.25, 0.3) is 0 Å². The fraction of sp³-hybridized carbons (Fsp3) is 0.615. The van der Waals surface area contributed by atoms with Gasteiger partial charge in [0.1, 0.15) is 0 Å². The van der Waals surface area contributed by atoms with Crippen LogP contribution < -0.4 is 5.32 Å². The highest BCUT2D eigenvalue weighted by atomic mass is 15.2. The lowest BCUT2D eigenvalue weighted by Gasteiger charge is -2.34. The molecule has 0 saturated heterocycles. The van der Waals surface area contributed by atoms with Crippen molar-refractivity contribution in [3.63, 3.8) is 0 Å². The molecule has 90 valence electrons. The van der Waals surface area contributed by atoms with Crippen LogP contribution in [0.2, 0.25) is 0 Å². The zero-order valence-electron chi connectivity index (χ0n) is 11.0. The minimum Gasteiger partial charge on any atom is -0.308 e. The van der Waals surface area contributed by atoms with Crippen LogP contribution in [0.3, 0.4) is 0 Å². The van der Waals surface area contributed by atoms with Crippen LogP contribution in [0.4, 0.5) is 0 Å². The van der Waals surface area contributed by atoms with Crippen molar-refractivity contribution in [1.82, 2.24) is 15.2 Å². The van der Waals surface area contributed by atoms with E-state index in [9.17, 15) is 0 Å². The largest absolute Gasteiger partial charge is 0.308 e. The van der Waals surface area contributed by atoms with E-state index in [1.165, 1.54) is 5.56 Å². The number of likely N-dealkylation sites (N-methyl/N-ethyl adjacent to an activating group) is 1. The second kappa shape index (κ2) is 5.41. The highest BCUT2D eigenvalue weighted by Gasteiger charge is 2.20. The number of nitrogens with zero attached hydrogens (tertiary/aromatic N) is 2. The molecule has 0 fully saturated rings. The highest BCUT2D eigenvalue weighted by molar-refractivity contribution is 5.14. The Morgan fingerprint density at radius 2 is 1.88 bits per heavy atom. The van der Waals surface area contributed by atoms with Crippen LogP contribution in [0.15, 0.2) is 24.5 Å². The highest BCUT2D eigenvalue weighted by Crippen LogP contribution is 2.13. The van der Waals surface area contributed by atoms with Gasteiger partial charge in [0, 0.05) is 30.5 Å². The average Bonchev–Trinajstić information content (AvgIpc) is 2.27. The molecule has 0 amide bonds. The lowest BCUT2D eigenvalue weighted by molar-refractivity contribution is 0.185. The monoisotopic (exact) mass is 221 g/mol. The van der Waals surface area contributed by atoms with Gasteiger partial charge in [-0.05, 0) is 52.6 Å². The van der Waals surface area contributed by atoms with Crippen LogP contribution in [0, 0.1) is 0 Å². The van der Waals surface area contributed by atoms with Crippen LogP contribution in [0.1, 0.15) is 32.4 Å². The van der Waals surface area contributed by atoms with Crippen molar-refractivity contribution in [2.45, 2.75) is 32.4 Å². The number of nitrogens with one attached hydrogen (secondary N) is 1. The molecule has 1 aromatic rings. The summed E-state index contributed by atoms with van der Waals surface area (Å²) in [6, 6.07) is 4.47. The van der Waals surface area contributed by atoms with E-state index in [0.29, 0.717) is 6.04 Å². The standard InChI is InChI=1S/C13H23N3/c1-11(12-6-8-14-9-7-12)15-10-13(2,3)16(4)5/h6-9,11,15H,10H2,1-5H3. The molecule has 3 nitrogen and oxygen atoms in total. The summed E-state index contributed by atoms with van der Waals surface area (Å²) in [4.78, 5) is 6.26. The molecule has 1 rings (SSSR count). The van der Waals surface area contributed by atoms with E-state index in [0.717, 1.165) is 6.54 Å². The summed E-state index contributed by atoms with van der Waals surface area (Å²) in [6.45, 7) is 7.61. The summed E-state index contributed by atoms with van der Waals surface area (Å²) >= 11 is 0. The number of rotatable bonds is 5. The molecule has 1 N–H and O–H groups in total. The third-order valence-corrected chi connectivity index (χ3v) is 3.26. The summed E-state index contributed by atoms with van der Waals surface area (Å²) in [5.41, 5.74) is 1.45. The first kappa shape index (κ1) is 13.1. The molecule has 0 saturated carbocycles. The van der Waals surface area contributed by atoms with Gasteiger partial charge < -0.3 is 10.2 Å². The van der Waals surface area contributed by atoms with Crippen molar-refractivity contribution >= 4 is 0 Å². The van der Waals surface area contributed by atoms with E-state index in [1.54, 1.807) is 0 Å². The van der Waals surface area contributed by atoms with E-state index >= 15 is 0 Å². The number of hydrogen-bond donors (Lipinski definition) is 1. The van der Waals surface area contributed by atoms with Gasteiger partial charge in [-0.25, -0.2) is 0 Å². The Kier molecular flexibility index (Phi) is 4.44. The van der Waals surface area contributed by atoms with Gasteiger partial charge in [0.25, 0.3) is 0 Å². The summed E-state index contributed by atoms with van der Waals surface area (Å²) < 4.78 is 0. The zero-order valence-corrected chi connectivity index (χ0v) is 11.0. The predicted molar refractivity (Wildman–Crippen MR) is 68.4 cm³/mol. The zero-order chi connectivity index (χ0) is 12.2. The average molecular weight is 221 g/mol. The Hall–Kier alpha value is -0.930. The molecule has 1 unspecified atom stereocenters. The quantitative estimate of drug-likeness (QED) is 0.825. The van der Waals surface area contributed by atoms with E-state index < -0.39 is 0 Å². The Morgan fingerprint density at radius 1 is 1.31 bits per heavy atom. The minimum atomic E-state index is 0.168. The van der Waals surface area contributed by atoms with E-state index in [1.807, 2.05) is 12.4 Å². The summed E-state index contributed by atoms with van der Waals surface area (Å²) in [5, 5.41) is 3.55. The fourth-order valence-electron chi connectivity index (χ4n) is 1.33. The number of aromatic nitrogens is 1. The molecule has 3 heteroatoms. The third kappa shape index (κ3) is 3.58. The summed E-state index contributed by atoms with van der Waals surface area (Å²) in [6.07, 6.45) is 3.68. The third-order valence-electron chi connectivity index (χ3n) is 3.26. The second-order valence-corrected chi connectivity index (χ2v) is 5.09. The molecule has 0 aromatic carbocycles. The van der Waals surface area contributed by atoms with Gasteiger partial charge >= 0.3 is 0 Å². The molecular formula is C13H23N3. The second-order valence-electron chi connectivity index (χ2n) is 5.09. The van der Waals surface area contributed by atoms with Gasteiger partial charge in [-0.2, -0.15) is 0 Å². The molecule has 0 spiro atoms.